The van der Waals surface area contributed by atoms with Crippen LogP contribution in [0.2, 0.25) is 10.0 Å². The number of nitrogens with one attached hydrogen (secondary N) is 2. The van der Waals surface area contributed by atoms with Crippen LogP contribution in [0.3, 0.4) is 0 Å². The van der Waals surface area contributed by atoms with E-state index in [4.69, 9.17) is 23.2 Å². The lowest BCUT2D eigenvalue weighted by Crippen LogP contribution is -2.14. The number of rotatable bonds is 4. The Morgan fingerprint density at radius 3 is 2.42 bits per heavy atom. The summed E-state index contributed by atoms with van der Waals surface area (Å²) in [5.74, 6) is -1.45. The normalized spacial score (nSPS) is 10.4. The molecule has 2 amide bonds. The number of hydrogen-bond donors (Lipinski definition) is 2. The molecular weight excluding hydrogens is 400 g/mol. The Bertz CT molecular complexity index is 976. The first kappa shape index (κ1) is 18.3. The van der Waals surface area contributed by atoms with Crippen molar-refractivity contribution in [2.75, 3.05) is 10.6 Å². The summed E-state index contributed by atoms with van der Waals surface area (Å²) >= 11 is 12.6. The fraction of sp³-hybridized carbons (Fsp3) is 0. The molecule has 1 heterocycles. The van der Waals surface area contributed by atoms with Crippen LogP contribution < -0.4 is 10.6 Å². The minimum absolute atomic E-state index is 0.100. The Morgan fingerprint density at radius 2 is 1.73 bits per heavy atom. The molecule has 0 radical (unpaired) electrons. The molecule has 2 N–H and O–H groups in total. The van der Waals surface area contributed by atoms with Gasteiger partial charge in [-0.1, -0.05) is 23.2 Å². The quantitative estimate of drug-likeness (QED) is 0.629. The average Bonchev–Trinajstić information content (AvgIpc) is 3.07. The van der Waals surface area contributed by atoms with Crippen molar-refractivity contribution in [3.05, 3.63) is 75.0 Å². The van der Waals surface area contributed by atoms with Crippen LogP contribution in [-0.2, 0) is 0 Å². The van der Waals surface area contributed by atoms with E-state index in [1.165, 1.54) is 17.5 Å². The summed E-state index contributed by atoms with van der Waals surface area (Å²) in [5.41, 5.74) is 0.861. The van der Waals surface area contributed by atoms with Gasteiger partial charge in [0.25, 0.3) is 11.8 Å². The van der Waals surface area contributed by atoms with E-state index in [0.29, 0.717) is 16.3 Å². The Hall–Kier alpha value is -2.48. The van der Waals surface area contributed by atoms with E-state index < -0.39 is 11.7 Å². The van der Waals surface area contributed by atoms with Crippen LogP contribution >= 0.6 is 34.5 Å². The van der Waals surface area contributed by atoms with Crippen LogP contribution in [0.25, 0.3) is 0 Å². The molecule has 5 nitrogen and oxygen atoms in total. The zero-order valence-corrected chi connectivity index (χ0v) is 15.3. The highest BCUT2D eigenvalue weighted by Crippen LogP contribution is 2.21. The third-order valence-corrected chi connectivity index (χ3v) is 4.54. The Labute approximate surface area is 161 Å². The number of carbonyl (C=O) groups excluding carboxylic acids is 2. The molecule has 0 fully saturated rings. The summed E-state index contributed by atoms with van der Waals surface area (Å²) < 4.78 is 13.1. The maximum Gasteiger partial charge on any atom is 0.275 e. The monoisotopic (exact) mass is 409 g/mol. The first-order valence-electron chi connectivity index (χ1n) is 7.21. The van der Waals surface area contributed by atoms with E-state index in [0.717, 1.165) is 17.4 Å². The van der Waals surface area contributed by atoms with Gasteiger partial charge in [-0.25, -0.2) is 9.37 Å². The highest BCUT2D eigenvalue weighted by molar-refractivity contribution is 7.14. The maximum absolute atomic E-state index is 13.1. The van der Waals surface area contributed by atoms with Crippen molar-refractivity contribution in [2.45, 2.75) is 0 Å². The van der Waals surface area contributed by atoms with Gasteiger partial charge in [-0.15, -0.1) is 11.3 Å². The summed E-state index contributed by atoms with van der Waals surface area (Å²) in [4.78, 5) is 28.4. The van der Waals surface area contributed by atoms with Gasteiger partial charge < -0.3 is 5.32 Å². The summed E-state index contributed by atoms with van der Waals surface area (Å²) in [7, 11) is 0. The molecule has 0 aliphatic carbocycles. The molecule has 0 spiro atoms. The number of nitrogens with zero attached hydrogens (tertiary/aromatic N) is 1. The number of anilines is 2. The second-order valence-corrected chi connectivity index (χ2v) is 6.78. The summed E-state index contributed by atoms with van der Waals surface area (Å²) in [6.45, 7) is 0. The van der Waals surface area contributed by atoms with Crippen LogP contribution in [0.5, 0.6) is 0 Å². The molecule has 0 saturated carbocycles. The summed E-state index contributed by atoms with van der Waals surface area (Å²) in [6.07, 6.45) is 0. The first-order valence-corrected chi connectivity index (χ1v) is 8.85. The topological polar surface area (TPSA) is 71.1 Å². The largest absolute Gasteiger partial charge is 0.321 e. The van der Waals surface area contributed by atoms with Gasteiger partial charge in [-0.3, -0.25) is 14.9 Å². The lowest BCUT2D eigenvalue weighted by molar-refractivity contribution is 0.101. The number of benzene rings is 2. The molecule has 9 heteroatoms. The molecule has 2 aromatic carbocycles. The number of hydrogen-bond acceptors (Lipinski definition) is 4. The molecule has 132 valence electrons. The van der Waals surface area contributed by atoms with Crippen LogP contribution in [0.15, 0.2) is 47.8 Å². The van der Waals surface area contributed by atoms with E-state index in [1.54, 1.807) is 24.3 Å². The zero-order valence-electron chi connectivity index (χ0n) is 12.9. The molecule has 0 aliphatic heterocycles. The van der Waals surface area contributed by atoms with E-state index in [1.807, 2.05) is 0 Å². The molecule has 3 rings (SSSR count). The summed E-state index contributed by atoms with van der Waals surface area (Å²) in [6, 6.07) is 10.2. The highest BCUT2D eigenvalue weighted by atomic mass is 35.5. The van der Waals surface area contributed by atoms with Gasteiger partial charge in [0.1, 0.15) is 11.5 Å². The Morgan fingerprint density at radius 1 is 1.00 bits per heavy atom. The van der Waals surface area contributed by atoms with Gasteiger partial charge in [-0.05, 0) is 42.5 Å². The smallest absolute Gasteiger partial charge is 0.275 e. The fourth-order valence-corrected chi connectivity index (χ4v) is 2.97. The average molecular weight is 410 g/mol. The Balaban J connectivity index is 1.66. The van der Waals surface area contributed by atoms with Crippen molar-refractivity contribution in [2.24, 2.45) is 0 Å². The molecule has 26 heavy (non-hydrogen) atoms. The fourth-order valence-electron chi connectivity index (χ4n) is 1.98. The van der Waals surface area contributed by atoms with Crippen molar-refractivity contribution in [1.82, 2.24) is 4.98 Å². The number of halogens is 3. The zero-order chi connectivity index (χ0) is 18.7. The van der Waals surface area contributed by atoms with Crippen LogP contribution in [0.1, 0.15) is 20.8 Å². The SMILES string of the molecule is O=C(Nc1nc(C(=O)Nc2ccc(F)c(Cl)c2)cs1)c1ccc(Cl)cc1. The minimum Gasteiger partial charge on any atom is -0.321 e. The molecule has 0 saturated heterocycles. The second-order valence-electron chi connectivity index (χ2n) is 5.08. The van der Waals surface area contributed by atoms with Gasteiger partial charge in [0.05, 0.1) is 5.02 Å². The molecule has 0 atom stereocenters. The number of carbonyl (C=O) groups is 2. The van der Waals surface area contributed by atoms with E-state index in [9.17, 15) is 14.0 Å². The summed E-state index contributed by atoms with van der Waals surface area (Å²) in [5, 5.41) is 7.36. The number of aromatic nitrogens is 1. The van der Waals surface area contributed by atoms with Gasteiger partial charge in [0, 0.05) is 21.7 Å². The molecule has 0 bridgehead atoms. The highest BCUT2D eigenvalue weighted by Gasteiger charge is 2.14. The van der Waals surface area contributed by atoms with Crippen molar-refractivity contribution >= 4 is 57.2 Å². The van der Waals surface area contributed by atoms with Crippen LogP contribution in [0, 0.1) is 5.82 Å². The third kappa shape index (κ3) is 4.37. The van der Waals surface area contributed by atoms with E-state index in [-0.39, 0.29) is 21.8 Å². The van der Waals surface area contributed by atoms with Crippen LogP contribution in [-0.4, -0.2) is 16.8 Å². The maximum atomic E-state index is 13.1. The van der Waals surface area contributed by atoms with Crippen molar-refractivity contribution in [1.29, 1.82) is 0 Å². The third-order valence-electron chi connectivity index (χ3n) is 3.24. The van der Waals surface area contributed by atoms with Gasteiger partial charge >= 0.3 is 0 Å². The van der Waals surface area contributed by atoms with E-state index in [2.05, 4.69) is 15.6 Å². The van der Waals surface area contributed by atoms with Crippen molar-refractivity contribution in [3.8, 4) is 0 Å². The second kappa shape index (κ2) is 7.82. The predicted molar refractivity (Wildman–Crippen MR) is 101 cm³/mol. The molecule has 1 aromatic heterocycles. The lowest BCUT2D eigenvalue weighted by atomic mass is 10.2. The van der Waals surface area contributed by atoms with Gasteiger partial charge in [0.2, 0.25) is 0 Å². The van der Waals surface area contributed by atoms with Gasteiger partial charge in [-0.2, -0.15) is 0 Å². The van der Waals surface area contributed by atoms with Crippen molar-refractivity contribution in [3.63, 3.8) is 0 Å². The number of amides is 2. The predicted octanol–water partition coefficient (Wildman–Crippen LogP) is 5.09. The van der Waals surface area contributed by atoms with Crippen LogP contribution in [0.4, 0.5) is 15.2 Å². The van der Waals surface area contributed by atoms with Crippen molar-refractivity contribution < 1.29 is 14.0 Å². The lowest BCUT2D eigenvalue weighted by Gasteiger charge is -2.04. The molecule has 0 aliphatic rings. The molecule has 3 aromatic rings. The molecule has 0 unspecified atom stereocenters. The van der Waals surface area contributed by atoms with E-state index >= 15 is 0 Å². The van der Waals surface area contributed by atoms with Gasteiger partial charge in [0.15, 0.2) is 5.13 Å². The number of thiazole rings is 1. The standard InChI is InChI=1S/C17H10Cl2FN3O2S/c18-10-3-1-9(2-4-10)15(24)23-17-22-14(8-26-17)16(25)21-11-5-6-13(20)12(19)7-11/h1-8H,(H,21,25)(H,22,23,24). The Kier molecular flexibility index (Phi) is 5.51. The minimum atomic E-state index is -0.578. The first-order chi connectivity index (χ1) is 12.4. The molecular formula is C17H10Cl2FN3O2S.